The molecule has 0 atom stereocenters. The fourth-order valence-electron chi connectivity index (χ4n) is 13.2. The zero-order chi connectivity index (χ0) is 79.9. The summed E-state index contributed by atoms with van der Waals surface area (Å²) in [6.45, 7) is 8.59. The highest BCUT2D eigenvalue weighted by Gasteiger charge is 2.21. The third-order valence-corrected chi connectivity index (χ3v) is 22.3. The first-order chi connectivity index (χ1) is 58.1. The molecule has 24 nitrogen and oxygen atoms in total. The molecule has 0 fully saturated rings. The molecule has 0 saturated heterocycles. The van der Waals surface area contributed by atoms with Crippen molar-refractivity contribution in [2.45, 2.75) is 54.1 Å². The van der Waals surface area contributed by atoms with Gasteiger partial charge in [-0.05, 0) is 159 Å². The van der Waals surface area contributed by atoms with Gasteiger partial charge in [-0.1, -0.05) is 121 Å². The van der Waals surface area contributed by atoms with Crippen LogP contribution in [0.1, 0.15) is 67.3 Å². The Bertz CT molecular complexity index is 5670. The molecule has 0 aliphatic rings. The van der Waals surface area contributed by atoms with Gasteiger partial charge < -0.3 is 18.9 Å². The standard InChI is InChI=1S/C90H74N20O4S4/c1-59-75(47-95-107(59)71-29-9-5-10-30-71)79-55-115-87(99-79)103-91-43-63-25-17-21-37-83(63)111-51-67-41-69(53-113-85-39-23-19-27-65(85)45-93-105-89-101-81(57-117-89)77-49-97-109(61(77)3)73-33-13-7-14-34-73)70(54-114-86-40-24-20-28-66(86)46-94-106-90-102-82(58-118-90)78-50-98-110(62(78)4)74-35-15-8-16-36-74)42-68(67)52-112-84-38-22-18-26-64(84)44-92-104-88-100-80(56-116-88)76-48-96-108(60(76)2)72-31-11-6-12-32-72/h5-50,55-58H,51-54H2,1-4H3,(H,99,103)(H,100,104)(H,101,105)(H,102,106)/b91-43+,92-44+,93-45+,94-46+. The van der Waals surface area contributed by atoms with Crippen molar-refractivity contribution in [3.63, 3.8) is 0 Å². The molecule has 8 aromatic heterocycles. The number of nitrogens with one attached hydrogen (secondary N) is 4. The van der Waals surface area contributed by atoms with Crippen molar-refractivity contribution in [2.75, 3.05) is 21.7 Å². The second kappa shape index (κ2) is 35.9. The van der Waals surface area contributed by atoms with Crippen LogP contribution in [0.15, 0.2) is 297 Å². The Morgan fingerprint density at radius 1 is 0.288 bits per heavy atom. The number of anilines is 4. The Balaban J connectivity index is 0.658. The SMILES string of the molecule is Cc1c(-c2csc(N/N=C/c3ccccc3OCc3cc(COc4ccccc4/C=N/Nc4nc(-c5cnn(-c6ccccc6)c5C)cs4)c(COc4ccccc4/C=N/Nc4nc(-c5cnn(-c6ccccc6)c5C)cs4)cc3COc3ccccc3/C=N/Nc3nc(-c4cnn(-c5ccccc5)c4C)cs3)n2)cnn1-c1ccccc1. The number of aromatic nitrogens is 12. The lowest BCUT2D eigenvalue weighted by Gasteiger charge is -2.20. The number of thiazole rings is 4. The minimum Gasteiger partial charge on any atom is -0.488 e. The van der Waals surface area contributed by atoms with Crippen molar-refractivity contribution in [3.05, 3.63) is 344 Å². The van der Waals surface area contributed by atoms with Crippen LogP contribution in [0.3, 0.4) is 0 Å². The summed E-state index contributed by atoms with van der Waals surface area (Å²) in [4.78, 5) is 19.6. The molecule has 0 unspecified atom stereocenters. The van der Waals surface area contributed by atoms with Crippen LogP contribution in [0, 0.1) is 27.7 Å². The Labute approximate surface area is 695 Å². The van der Waals surface area contributed by atoms with Gasteiger partial charge in [-0.3, -0.25) is 21.7 Å². The highest BCUT2D eigenvalue weighted by Crippen LogP contribution is 2.36. The zero-order valence-electron chi connectivity index (χ0n) is 64.1. The van der Waals surface area contributed by atoms with Gasteiger partial charge in [0.25, 0.3) is 0 Å². The summed E-state index contributed by atoms with van der Waals surface area (Å²) < 4.78 is 35.3. The van der Waals surface area contributed by atoms with Crippen LogP contribution in [0.4, 0.5) is 20.5 Å². The van der Waals surface area contributed by atoms with Gasteiger partial charge in [0, 0.05) is 66.0 Å². The molecule has 0 aliphatic carbocycles. The molecule has 0 radical (unpaired) electrons. The molecule has 9 aromatic carbocycles. The van der Waals surface area contributed by atoms with Gasteiger partial charge in [0.2, 0.25) is 20.5 Å². The van der Waals surface area contributed by atoms with Crippen LogP contribution in [-0.2, 0) is 26.4 Å². The summed E-state index contributed by atoms with van der Waals surface area (Å²) in [6.07, 6.45) is 14.3. The Hall–Kier alpha value is -14.6. The number of rotatable bonds is 32. The lowest BCUT2D eigenvalue weighted by molar-refractivity contribution is 0.275. The normalized spacial score (nSPS) is 11.6. The van der Waals surface area contributed by atoms with Crippen molar-refractivity contribution in [2.24, 2.45) is 20.4 Å². The maximum atomic E-state index is 6.91. The van der Waals surface area contributed by atoms with Crippen LogP contribution >= 0.6 is 45.3 Å². The third kappa shape index (κ3) is 17.5. The largest absolute Gasteiger partial charge is 0.488 e. The van der Waals surface area contributed by atoms with Crippen LogP contribution < -0.4 is 40.7 Å². The van der Waals surface area contributed by atoms with Gasteiger partial charge in [-0.25, -0.2) is 38.7 Å². The van der Waals surface area contributed by atoms with E-state index in [-0.39, 0.29) is 26.4 Å². The number of nitrogens with zero attached hydrogens (tertiary/aromatic N) is 16. The molecule has 0 saturated carbocycles. The summed E-state index contributed by atoms with van der Waals surface area (Å²) in [7, 11) is 0. The Morgan fingerprint density at radius 2 is 0.500 bits per heavy atom. The second-order valence-corrected chi connectivity index (χ2v) is 30.3. The van der Waals surface area contributed by atoms with Crippen molar-refractivity contribution < 1.29 is 18.9 Å². The van der Waals surface area contributed by atoms with Gasteiger partial charge in [0.05, 0.1) is 118 Å². The Kier molecular flexibility index (Phi) is 23.1. The molecule has 582 valence electrons. The van der Waals surface area contributed by atoms with E-state index in [9.17, 15) is 0 Å². The lowest BCUT2D eigenvalue weighted by Crippen LogP contribution is -2.12. The maximum Gasteiger partial charge on any atom is 0.203 e. The third-order valence-electron chi connectivity index (χ3n) is 19.3. The number of hydrazone groups is 4. The quantitative estimate of drug-likeness (QED) is 0.0226. The smallest absolute Gasteiger partial charge is 0.203 e. The molecule has 4 N–H and O–H groups in total. The topological polar surface area (TPSA) is 257 Å². The van der Waals surface area contributed by atoms with Gasteiger partial charge in [-0.15, -0.1) is 45.3 Å². The van der Waals surface area contributed by atoms with Crippen molar-refractivity contribution in [1.29, 1.82) is 0 Å². The lowest BCUT2D eigenvalue weighted by atomic mass is 9.99. The first-order valence-corrected chi connectivity index (χ1v) is 41.1. The van der Waals surface area contributed by atoms with E-state index in [0.29, 0.717) is 43.5 Å². The predicted molar refractivity (Wildman–Crippen MR) is 472 cm³/mol. The maximum absolute atomic E-state index is 6.91. The molecule has 0 amide bonds. The minimum absolute atomic E-state index is 0.110. The molecule has 8 heterocycles. The summed E-state index contributed by atoms with van der Waals surface area (Å²) >= 11 is 5.81. The first-order valence-electron chi connectivity index (χ1n) is 37.6. The van der Waals surface area contributed by atoms with E-state index in [0.717, 1.165) is 135 Å². The summed E-state index contributed by atoms with van der Waals surface area (Å²) in [5.41, 5.74) is 33.5. The fourth-order valence-corrected chi connectivity index (χ4v) is 15.8. The van der Waals surface area contributed by atoms with Crippen molar-refractivity contribution in [3.8, 4) is 90.8 Å². The van der Waals surface area contributed by atoms with E-state index in [1.165, 1.54) is 45.3 Å². The van der Waals surface area contributed by atoms with E-state index in [2.05, 4.69) is 74.6 Å². The minimum atomic E-state index is 0.110. The number of para-hydroxylation sites is 8. The molecule has 0 spiro atoms. The molecule has 118 heavy (non-hydrogen) atoms. The van der Waals surface area contributed by atoms with Crippen LogP contribution in [0.5, 0.6) is 23.0 Å². The number of benzene rings is 9. The van der Waals surface area contributed by atoms with E-state index in [1.807, 2.05) is 311 Å². The van der Waals surface area contributed by atoms with E-state index in [1.54, 1.807) is 24.9 Å². The highest BCUT2D eigenvalue weighted by molar-refractivity contribution is 7.15. The van der Waals surface area contributed by atoms with Crippen molar-refractivity contribution in [1.82, 2.24) is 59.1 Å². The van der Waals surface area contributed by atoms with E-state index < -0.39 is 0 Å². The molecule has 28 heteroatoms. The summed E-state index contributed by atoms with van der Waals surface area (Å²) in [6, 6.07) is 75.4. The Morgan fingerprint density at radius 3 is 0.729 bits per heavy atom. The number of hydrogen-bond donors (Lipinski definition) is 4. The fraction of sp³-hybridized carbons (Fsp3) is 0.0889. The number of hydrogen-bond acceptors (Lipinski definition) is 24. The average molecular weight is 1630 g/mol. The molecule has 0 bridgehead atoms. The van der Waals surface area contributed by atoms with E-state index >= 15 is 0 Å². The van der Waals surface area contributed by atoms with Gasteiger partial charge in [0.1, 0.15) is 49.4 Å². The van der Waals surface area contributed by atoms with Crippen LogP contribution in [0.2, 0.25) is 0 Å². The second-order valence-electron chi connectivity index (χ2n) is 26.9. The average Bonchev–Trinajstić information content (AvgIpc) is 1.51. The highest BCUT2D eigenvalue weighted by atomic mass is 32.1. The molecular formula is C90H74N20O4S4. The predicted octanol–water partition coefficient (Wildman–Crippen LogP) is 20.3. The summed E-state index contributed by atoms with van der Waals surface area (Å²) in [5.74, 6) is 2.36. The van der Waals surface area contributed by atoms with Gasteiger partial charge in [-0.2, -0.15) is 40.8 Å². The van der Waals surface area contributed by atoms with Crippen LogP contribution in [0.25, 0.3) is 67.8 Å². The zero-order valence-corrected chi connectivity index (χ0v) is 67.4. The summed E-state index contributed by atoms with van der Waals surface area (Å²) in [5, 5.41) is 47.9. The van der Waals surface area contributed by atoms with Crippen molar-refractivity contribution >= 4 is 90.7 Å². The van der Waals surface area contributed by atoms with Crippen LogP contribution in [-0.4, -0.2) is 83.9 Å². The van der Waals surface area contributed by atoms with Gasteiger partial charge >= 0.3 is 0 Å². The number of ether oxygens (including phenoxy) is 4. The van der Waals surface area contributed by atoms with E-state index in [4.69, 9.17) is 38.9 Å². The monoisotopic (exact) mass is 1630 g/mol. The first kappa shape index (κ1) is 76.1. The molecular weight excluding hydrogens is 1550 g/mol. The molecule has 0 aliphatic heterocycles. The molecule has 17 aromatic rings. The molecule has 17 rings (SSSR count). The van der Waals surface area contributed by atoms with Gasteiger partial charge in [0.15, 0.2) is 0 Å².